The Bertz CT molecular complexity index is 1430. The van der Waals surface area contributed by atoms with Gasteiger partial charge in [0.25, 0.3) is 5.91 Å². The van der Waals surface area contributed by atoms with Gasteiger partial charge in [0.2, 0.25) is 5.95 Å². The highest BCUT2D eigenvalue weighted by atomic mass is 35.5. The maximum Gasteiger partial charge on any atom is 0.413 e. The SMILES string of the molecule is CN(C(=O)O)c1nc2cc(C3(O)c4ccccc4C(=O)N3c3cc(Cl)cc(Cl)c3)ccc2[nH]1. The van der Waals surface area contributed by atoms with E-state index in [1.54, 1.807) is 54.6 Å². The van der Waals surface area contributed by atoms with Crippen molar-refractivity contribution in [3.8, 4) is 0 Å². The second kappa shape index (κ2) is 7.48. The molecule has 4 aromatic rings. The van der Waals surface area contributed by atoms with Crippen molar-refractivity contribution >= 4 is 57.9 Å². The van der Waals surface area contributed by atoms with Crippen LogP contribution in [-0.2, 0) is 5.72 Å². The van der Waals surface area contributed by atoms with Gasteiger partial charge in [-0.25, -0.2) is 9.78 Å². The molecule has 0 saturated carbocycles. The second-order valence-electron chi connectivity index (χ2n) is 7.62. The Morgan fingerprint density at radius 1 is 1.09 bits per heavy atom. The molecule has 1 aliphatic heterocycles. The molecule has 3 N–H and O–H groups in total. The number of hydrogen-bond donors (Lipinski definition) is 3. The van der Waals surface area contributed by atoms with Crippen molar-refractivity contribution in [2.24, 2.45) is 0 Å². The number of aliphatic hydroxyl groups is 1. The number of nitrogens with zero attached hydrogens (tertiary/aromatic N) is 3. The minimum Gasteiger partial charge on any atom is -0.465 e. The second-order valence-corrected chi connectivity index (χ2v) is 8.49. The van der Waals surface area contributed by atoms with Gasteiger partial charge in [-0.1, -0.05) is 47.5 Å². The lowest BCUT2D eigenvalue weighted by Gasteiger charge is -2.35. The van der Waals surface area contributed by atoms with Crippen LogP contribution in [0, 0.1) is 0 Å². The summed E-state index contributed by atoms with van der Waals surface area (Å²) in [4.78, 5) is 34.2. The van der Waals surface area contributed by atoms with Crippen LogP contribution in [0.15, 0.2) is 60.7 Å². The van der Waals surface area contributed by atoms with Crippen LogP contribution in [0.25, 0.3) is 11.0 Å². The van der Waals surface area contributed by atoms with E-state index in [0.717, 1.165) is 4.90 Å². The van der Waals surface area contributed by atoms with Crippen LogP contribution in [0.2, 0.25) is 10.0 Å². The molecule has 10 heteroatoms. The highest BCUT2D eigenvalue weighted by Crippen LogP contribution is 2.46. The van der Waals surface area contributed by atoms with E-state index in [2.05, 4.69) is 9.97 Å². The lowest BCUT2D eigenvalue weighted by molar-refractivity contribution is 0.0704. The van der Waals surface area contributed by atoms with Crippen molar-refractivity contribution in [2.75, 3.05) is 16.8 Å². The van der Waals surface area contributed by atoms with E-state index in [4.69, 9.17) is 23.2 Å². The zero-order valence-electron chi connectivity index (χ0n) is 17.1. The number of carbonyl (C=O) groups is 2. The molecule has 2 amide bonds. The van der Waals surface area contributed by atoms with Crippen molar-refractivity contribution in [1.82, 2.24) is 9.97 Å². The molecular weight excluding hydrogens is 467 g/mol. The normalized spacial score (nSPS) is 17.5. The van der Waals surface area contributed by atoms with Gasteiger partial charge in [0, 0.05) is 33.8 Å². The summed E-state index contributed by atoms with van der Waals surface area (Å²) >= 11 is 12.4. The molecule has 0 radical (unpaired) electrons. The predicted molar refractivity (Wildman–Crippen MR) is 125 cm³/mol. The molecule has 33 heavy (non-hydrogen) atoms. The molecule has 1 aliphatic rings. The average molecular weight is 483 g/mol. The van der Waals surface area contributed by atoms with Crippen LogP contribution in [0.5, 0.6) is 0 Å². The van der Waals surface area contributed by atoms with E-state index in [9.17, 15) is 19.8 Å². The molecule has 0 saturated heterocycles. The van der Waals surface area contributed by atoms with Crippen molar-refractivity contribution in [3.05, 3.63) is 87.4 Å². The Kier molecular flexibility index (Phi) is 4.82. The van der Waals surface area contributed by atoms with Gasteiger partial charge in [-0.05, 0) is 36.4 Å². The zero-order chi connectivity index (χ0) is 23.5. The lowest BCUT2D eigenvalue weighted by Crippen LogP contribution is -2.45. The number of anilines is 2. The number of rotatable bonds is 3. The van der Waals surface area contributed by atoms with Crippen LogP contribution >= 0.6 is 23.2 Å². The third-order valence-corrected chi connectivity index (χ3v) is 6.08. The zero-order valence-corrected chi connectivity index (χ0v) is 18.6. The summed E-state index contributed by atoms with van der Waals surface area (Å²) in [5.41, 5.74) is 0.525. The molecule has 1 atom stereocenters. The highest BCUT2D eigenvalue weighted by molar-refractivity contribution is 6.35. The van der Waals surface area contributed by atoms with E-state index in [1.807, 2.05) is 0 Å². The minimum atomic E-state index is -1.88. The summed E-state index contributed by atoms with van der Waals surface area (Å²) < 4.78 is 0. The minimum absolute atomic E-state index is 0.128. The number of halogens is 2. The number of aromatic amines is 1. The van der Waals surface area contributed by atoms with Gasteiger partial charge < -0.3 is 15.2 Å². The summed E-state index contributed by atoms with van der Waals surface area (Å²) in [6, 6.07) is 16.3. The Labute approximate surface area is 197 Å². The summed E-state index contributed by atoms with van der Waals surface area (Å²) in [6.07, 6.45) is -1.17. The molecule has 0 bridgehead atoms. The van der Waals surface area contributed by atoms with Crippen LogP contribution < -0.4 is 9.80 Å². The molecule has 3 aromatic carbocycles. The lowest BCUT2D eigenvalue weighted by atomic mass is 9.93. The monoisotopic (exact) mass is 482 g/mol. The number of imidazole rings is 1. The Morgan fingerprint density at radius 2 is 1.79 bits per heavy atom. The number of fused-ring (bicyclic) bond motifs is 2. The Morgan fingerprint density at radius 3 is 2.48 bits per heavy atom. The van der Waals surface area contributed by atoms with Gasteiger partial charge in [0.15, 0.2) is 5.72 Å². The fourth-order valence-corrected chi connectivity index (χ4v) is 4.59. The fraction of sp³-hybridized carbons (Fsp3) is 0.0870. The first-order chi connectivity index (χ1) is 15.7. The molecule has 1 aromatic heterocycles. The molecule has 8 nitrogen and oxygen atoms in total. The van der Waals surface area contributed by atoms with E-state index in [1.165, 1.54) is 18.0 Å². The molecule has 166 valence electrons. The highest BCUT2D eigenvalue weighted by Gasteiger charge is 2.50. The molecule has 2 heterocycles. The third-order valence-electron chi connectivity index (χ3n) is 5.64. The van der Waals surface area contributed by atoms with Gasteiger partial charge in [-0.2, -0.15) is 0 Å². The van der Waals surface area contributed by atoms with Crippen LogP contribution in [0.3, 0.4) is 0 Å². The van der Waals surface area contributed by atoms with Crippen LogP contribution in [0.1, 0.15) is 21.5 Å². The third kappa shape index (κ3) is 3.22. The van der Waals surface area contributed by atoms with Gasteiger partial charge >= 0.3 is 6.09 Å². The summed E-state index contributed by atoms with van der Waals surface area (Å²) in [7, 11) is 1.37. The Balaban J connectivity index is 1.73. The Hall–Kier alpha value is -3.59. The van der Waals surface area contributed by atoms with Gasteiger partial charge in [-0.15, -0.1) is 0 Å². The predicted octanol–water partition coefficient (Wildman–Crippen LogP) is 4.84. The van der Waals surface area contributed by atoms with E-state index in [-0.39, 0.29) is 5.95 Å². The van der Waals surface area contributed by atoms with E-state index >= 15 is 0 Å². The smallest absolute Gasteiger partial charge is 0.413 e. The number of amides is 2. The number of nitrogens with one attached hydrogen (secondary N) is 1. The number of benzene rings is 3. The number of hydrogen-bond acceptors (Lipinski definition) is 4. The standard InChI is InChI=1S/C23H16Cl2N4O4/c1-28(22(31)32)21-26-18-7-6-12(8-19(18)27-21)23(33)17-5-3-2-4-16(17)20(30)29(23)15-10-13(24)9-14(25)11-15/h2-11,33H,1H3,(H,26,27)(H,31,32). The maximum atomic E-state index is 13.4. The number of aromatic nitrogens is 2. The van der Waals surface area contributed by atoms with Crippen molar-refractivity contribution in [2.45, 2.75) is 5.72 Å². The quantitative estimate of drug-likeness (QED) is 0.387. The summed E-state index contributed by atoms with van der Waals surface area (Å²) in [5.74, 6) is -0.289. The van der Waals surface area contributed by atoms with Gasteiger partial charge in [0.05, 0.1) is 16.7 Å². The first kappa shape index (κ1) is 21.3. The number of H-pyrrole nitrogens is 1. The molecule has 0 spiro atoms. The largest absolute Gasteiger partial charge is 0.465 e. The molecule has 1 unspecified atom stereocenters. The number of carboxylic acid groups (broad SMARTS) is 1. The molecule has 0 fully saturated rings. The van der Waals surface area contributed by atoms with E-state index in [0.29, 0.717) is 43.5 Å². The molecular formula is C23H16Cl2N4O4. The van der Waals surface area contributed by atoms with Crippen LogP contribution in [0.4, 0.5) is 16.4 Å². The maximum absolute atomic E-state index is 13.4. The van der Waals surface area contributed by atoms with Crippen LogP contribution in [-0.4, -0.2) is 39.2 Å². The first-order valence-electron chi connectivity index (χ1n) is 9.79. The van der Waals surface area contributed by atoms with Crippen molar-refractivity contribution < 1.29 is 19.8 Å². The summed E-state index contributed by atoms with van der Waals surface area (Å²) in [6.45, 7) is 0. The van der Waals surface area contributed by atoms with Crippen molar-refractivity contribution in [3.63, 3.8) is 0 Å². The summed E-state index contributed by atoms with van der Waals surface area (Å²) in [5, 5.41) is 22.0. The topological polar surface area (TPSA) is 110 Å². The molecule has 5 rings (SSSR count). The van der Waals surface area contributed by atoms with Gasteiger partial charge in [-0.3, -0.25) is 14.6 Å². The van der Waals surface area contributed by atoms with Crippen molar-refractivity contribution in [1.29, 1.82) is 0 Å². The first-order valence-corrected chi connectivity index (χ1v) is 10.5. The number of carbonyl (C=O) groups excluding carboxylic acids is 1. The van der Waals surface area contributed by atoms with Gasteiger partial charge in [0.1, 0.15) is 0 Å². The fourth-order valence-electron chi connectivity index (χ4n) is 4.08. The average Bonchev–Trinajstić information content (AvgIpc) is 3.30. The van der Waals surface area contributed by atoms with E-state index < -0.39 is 17.7 Å². The molecule has 0 aliphatic carbocycles.